The number of aliphatic carboxylic acids is 2. The third-order valence-electron chi connectivity index (χ3n) is 5.70. The first-order valence-corrected chi connectivity index (χ1v) is 11.1. The van der Waals surface area contributed by atoms with Crippen LogP contribution in [0.1, 0.15) is 30.4 Å². The van der Waals surface area contributed by atoms with Crippen LogP contribution < -0.4 is 0 Å². The highest BCUT2D eigenvalue weighted by Crippen LogP contribution is 2.33. The van der Waals surface area contributed by atoms with Crippen LogP contribution in [0.5, 0.6) is 0 Å². The number of fused-ring (bicyclic) bond motifs is 1. The second kappa shape index (κ2) is 12.7. The van der Waals surface area contributed by atoms with Gasteiger partial charge in [-0.05, 0) is 24.5 Å². The average molecular weight is 553 g/mol. The molecule has 210 valence electrons. The smallest absolute Gasteiger partial charge is 0.475 e. The van der Waals surface area contributed by atoms with E-state index in [1.54, 1.807) is 6.20 Å². The first-order chi connectivity index (χ1) is 17.6. The minimum Gasteiger partial charge on any atom is -0.475 e. The van der Waals surface area contributed by atoms with Gasteiger partial charge >= 0.3 is 24.3 Å². The summed E-state index contributed by atoms with van der Waals surface area (Å²) in [6.07, 6.45) is 0.146. The number of piperidine rings is 1. The maximum atomic E-state index is 12.5. The van der Waals surface area contributed by atoms with E-state index in [0.29, 0.717) is 25.0 Å². The van der Waals surface area contributed by atoms with E-state index < -0.39 is 24.3 Å². The molecule has 2 aliphatic heterocycles. The third-order valence-corrected chi connectivity index (χ3v) is 5.70. The second-order valence-electron chi connectivity index (χ2n) is 8.44. The van der Waals surface area contributed by atoms with Crippen molar-refractivity contribution in [3.05, 3.63) is 48.0 Å². The maximum absolute atomic E-state index is 12.5. The molecule has 1 amide bonds. The first-order valence-electron chi connectivity index (χ1n) is 11.1. The SMILES string of the molecule is Cn1cc(CN2CC[C@@H]3[C@H]2CCC(=O)N3Cc2cccnc2)cn1.O=C(O)C(F)(F)F.O=C(O)C(F)(F)F. The van der Waals surface area contributed by atoms with Crippen LogP contribution in [-0.4, -0.2) is 83.6 Å². The molecule has 2 atom stereocenters. The first kappa shape index (κ1) is 30.5. The highest BCUT2D eigenvalue weighted by molar-refractivity contribution is 5.77. The molecular formula is C22H25F6N5O5. The standard InChI is InChI=1S/C18H23N5O.2C2HF3O2/c1-21-11-15(10-20-21)12-22-8-6-17-16(22)4-5-18(24)23(17)13-14-3-2-7-19-9-14;2*3-2(4,5)1(6)7/h2-3,7,9-11,16-17H,4-6,8,12-13H2,1H3;2*(H,6,7)/t16-,17-;;/m1../s1. The fourth-order valence-corrected chi connectivity index (χ4v) is 4.12. The minimum atomic E-state index is -5.08. The maximum Gasteiger partial charge on any atom is 0.490 e. The zero-order valence-electron chi connectivity index (χ0n) is 20.0. The number of likely N-dealkylation sites (tertiary alicyclic amines) is 2. The topological polar surface area (TPSA) is 129 Å². The third kappa shape index (κ3) is 9.00. The molecule has 2 aromatic heterocycles. The quantitative estimate of drug-likeness (QED) is 0.554. The molecule has 4 rings (SSSR count). The fourth-order valence-electron chi connectivity index (χ4n) is 4.12. The van der Waals surface area contributed by atoms with Gasteiger partial charge in [-0.1, -0.05) is 6.07 Å². The number of amides is 1. The average Bonchev–Trinajstić information content (AvgIpc) is 3.42. The molecule has 0 aliphatic carbocycles. The fraction of sp³-hybridized carbons (Fsp3) is 0.500. The Bertz CT molecular complexity index is 1070. The van der Waals surface area contributed by atoms with Gasteiger partial charge in [0.25, 0.3) is 0 Å². The lowest BCUT2D eigenvalue weighted by Crippen LogP contribution is -2.51. The number of pyridine rings is 1. The van der Waals surface area contributed by atoms with Crippen molar-refractivity contribution >= 4 is 17.8 Å². The minimum absolute atomic E-state index is 0.281. The predicted octanol–water partition coefficient (Wildman–Crippen LogP) is 2.85. The molecule has 2 fully saturated rings. The number of rotatable bonds is 4. The lowest BCUT2D eigenvalue weighted by Gasteiger charge is -2.40. The van der Waals surface area contributed by atoms with Gasteiger partial charge in [-0.3, -0.25) is 19.4 Å². The summed E-state index contributed by atoms with van der Waals surface area (Å²) in [6.45, 7) is 2.64. The summed E-state index contributed by atoms with van der Waals surface area (Å²) in [6, 6.07) is 4.76. The second-order valence-corrected chi connectivity index (χ2v) is 8.44. The highest BCUT2D eigenvalue weighted by Gasteiger charge is 2.43. The van der Waals surface area contributed by atoms with Gasteiger partial charge in [-0.25, -0.2) is 9.59 Å². The summed E-state index contributed by atoms with van der Waals surface area (Å²) in [5.41, 5.74) is 2.35. The molecule has 0 saturated carbocycles. The van der Waals surface area contributed by atoms with E-state index >= 15 is 0 Å². The largest absolute Gasteiger partial charge is 0.490 e. The molecule has 2 aliphatic rings. The highest BCUT2D eigenvalue weighted by atomic mass is 19.4. The van der Waals surface area contributed by atoms with Crippen molar-refractivity contribution in [2.24, 2.45) is 7.05 Å². The summed E-state index contributed by atoms with van der Waals surface area (Å²) < 4.78 is 65.3. The number of carboxylic acid groups (broad SMARTS) is 2. The van der Waals surface area contributed by atoms with Crippen LogP contribution in [0, 0.1) is 0 Å². The number of hydrogen-bond donors (Lipinski definition) is 2. The van der Waals surface area contributed by atoms with E-state index in [1.165, 1.54) is 5.56 Å². The van der Waals surface area contributed by atoms with Crippen molar-refractivity contribution in [1.82, 2.24) is 24.6 Å². The van der Waals surface area contributed by atoms with Gasteiger partial charge in [0.15, 0.2) is 0 Å². The number of aromatic nitrogens is 3. The Labute approximate surface area is 212 Å². The number of carboxylic acids is 2. The lowest BCUT2D eigenvalue weighted by molar-refractivity contribution is -0.193. The van der Waals surface area contributed by atoms with Crippen LogP contribution in [0.25, 0.3) is 0 Å². The molecule has 16 heteroatoms. The Kier molecular flexibility index (Phi) is 10.2. The van der Waals surface area contributed by atoms with Gasteiger partial charge in [-0.2, -0.15) is 31.4 Å². The monoisotopic (exact) mass is 553 g/mol. The van der Waals surface area contributed by atoms with Gasteiger partial charge in [0, 0.05) is 69.3 Å². The number of aryl methyl sites for hydroxylation is 1. The molecule has 2 N–H and O–H groups in total. The van der Waals surface area contributed by atoms with Crippen LogP contribution in [-0.2, 0) is 34.5 Å². The Morgan fingerprint density at radius 3 is 2.05 bits per heavy atom. The van der Waals surface area contributed by atoms with Crippen molar-refractivity contribution in [3.63, 3.8) is 0 Å². The zero-order valence-corrected chi connectivity index (χ0v) is 20.0. The van der Waals surface area contributed by atoms with Crippen molar-refractivity contribution < 1.29 is 50.9 Å². The van der Waals surface area contributed by atoms with Crippen molar-refractivity contribution in [3.8, 4) is 0 Å². The van der Waals surface area contributed by atoms with Gasteiger partial charge in [0.05, 0.1) is 6.20 Å². The van der Waals surface area contributed by atoms with E-state index in [9.17, 15) is 31.1 Å². The molecular weight excluding hydrogens is 528 g/mol. The zero-order chi connectivity index (χ0) is 28.7. The van der Waals surface area contributed by atoms with E-state index in [-0.39, 0.29) is 5.91 Å². The molecule has 0 unspecified atom stereocenters. The van der Waals surface area contributed by atoms with Gasteiger partial charge in [0.1, 0.15) is 0 Å². The van der Waals surface area contributed by atoms with E-state index in [0.717, 1.165) is 31.5 Å². The van der Waals surface area contributed by atoms with Crippen molar-refractivity contribution in [1.29, 1.82) is 0 Å². The Hall–Kier alpha value is -3.69. The number of carbonyl (C=O) groups is 3. The van der Waals surface area contributed by atoms with Crippen LogP contribution in [0.4, 0.5) is 26.3 Å². The van der Waals surface area contributed by atoms with Gasteiger partial charge in [-0.15, -0.1) is 0 Å². The summed E-state index contributed by atoms with van der Waals surface area (Å²) in [7, 11) is 1.95. The molecule has 0 aromatic carbocycles. The summed E-state index contributed by atoms with van der Waals surface area (Å²) in [5.74, 6) is -5.23. The number of halogens is 6. The number of alkyl halides is 6. The lowest BCUT2D eigenvalue weighted by atomic mass is 9.95. The predicted molar refractivity (Wildman–Crippen MR) is 117 cm³/mol. The van der Waals surface area contributed by atoms with Crippen LogP contribution in [0.2, 0.25) is 0 Å². The summed E-state index contributed by atoms with van der Waals surface area (Å²) in [4.78, 5) is 39.0. The van der Waals surface area contributed by atoms with E-state index in [1.807, 2.05) is 36.3 Å². The van der Waals surface area contributed by atoms with Gasteiger partial charge in [0.2, 0.25) is 5.91 Å². The Balaban J connectivity index is 0.000000301. The molecule has 2 saturated heterocycles. The van der Waals surface area contributed by atoms with Crippen LogP contribution in [0.3, 0.4) is 0 Å². The molecule has 2 aromatic rings. The van der Waals surface area contributed by atoms with Gasteiger partial charge < -0.3 is 15.1 Å². The van der Waals surface area contributed by atoms with Crippen LogP contribution in [0.15, 0.2) is 36.9 Å². The molecule has 0 radical (unpaired) electrons. The molecule has 0 bridgehead atoms. The van der Waals surface area contributed by atoms with Crippen molar-refractivity contribution in [2.75, 3.05) is 6.54 Å². The molecule has 4 heterocycles. The number of carbonyl (C=O) groups excluding carboxylic acids is 1. The number of hydrogen-bond acceptors (Lipinski definition) is 6. The van der Waals surface area contributed by atoms with E-state index in [2.05, 4.69) is 26.1 Å². The number of nitrogens with zero attached hydrogens (tertiary/aromatic N) is 5. The Morgan fingerprint density at radius 2 is 1.58 bits per heavy atom. The molecule has 10 nitrogen and oxygen atoms in total. The molecule has 38 heavy (non-hydrogen) atoms. The normalized spacial score (nSPS) is 19.6. The Morgan fingerprint density at radius 1 is 0.974 bits per heavy atom. The summed E-state index contributed by atoms with van der Waals surface area (Å²) in [5, 5.41) is 18.5. The summed E-state index contributed by atoms with van der Waals surface area (Å²) >= 11 is 0. The van der Waals surface area contributed by atoms with E-state index in [4.69, 9.17) is 19.8 Å². The molecule has 0 spiro atoms. The van der Waals surface area contributed by atoms with Crippen molar-refractivity contribution in [2.45, 2.75) is 56.8 Å². The van der Waals surface area contributed by atoms with Crippen LogP contribution >= 0.6 is 0 Å².